The molecule has 2 heterocycles. The number of amides is 1. The Hall–Kier alpha value is -2.26. The number of carbonyl (C=O) groups excluding carboxylic acids is 1. The normalized spacial score (nSPS) is 15.3. The Balaban J connectivity index is 1.71. The second kappa shape index (κ2) is 9.70. The van der Waals surface area contributed by atoms with Crippen LogP contribution in [0.2, 0.25) is 5.02 Å². The summed E-state index contributed by atoms with van der Waals surface area (Å²) in [5.74, 6) is -1.06. The molecule has 0 radical (unpaired) electrons. The van der Waals surface area contributed by atoms with E-state index in [9.17, 15) is 9.59 Å². The maximum Gasteiger partial charge on any atom is 0.303 e. The van der Waals surface area contributed by atoms with Gasteiger partial charge in [0.15, 0.2) is 0 Å². The number of benzene rings is 2. The molecule has 0 saturated carbocycles. The van der Waals surface area contributed by atoms with Crippen LogP contribution < -0.4 is 0 Å². The van der Waals surface area contributed by atoms with Crippen LogP contribution in [0.25, 0.3) is 17.0 Å². The molecule has 4 rings (SSSR count). The molecule has 1 aliphatic heterocycles. The van der Waals surface area contributed by atoms with E-state index in [2.05, 4.69) is 10.6 Å². The van der Waals surface area contributed by atoms with Gasteiger partial charge in [0.2, 0.25) is 0 Å². The third-order valence-electron chi connectivity index (χ3n) is 5.04. The van der Waals surface area contributed by atoms with Crippen LogP contribution in [-0.4, -0.2) is 37.3 Å². The fourth-order valence-electron chi connectivity index (χ4n) is 3.49. The van der Waals surface area contributed by atoms with Crippen molar-refractivity contribution in [3.8, 4) is 0 Å². The molecule has 1 aromatic heterocycles. The van der Waals surface area contributed by atoms with Crippen molar-refractivity contribution >= 4 is 80.5 Å². The molecule has 5 nitrogen and oxygen atoms in total. The maximum atomic E-state index is 13.0. The van der Waals surface area contributed by atoms with Gasteiger partial charge in [0.05, 0.1) is 9.93 Å². The van der Waals surface area contributed by atoms with Gasteiger partial charge in [0.1, 0.15) is 4.32 Å². The van der Waals surface area contributed by atoms with E-state index < -0.39 is 5.97 Å². The molecule has 1 fully saturated rings. The summed E-state index contributed by atoms with van der Waals surface area (Å²) in [6, 6.07) is 15.7. The van der Waals surface area contributed by atoms with Crippen molar-refractivity contribution in [3.63, 3.8) is 0 Å². The SMILES string of the molecule is Cn1c(Sc2ccc(Cl)cc2)c(C=C2SC(=S)N(CCCC(=O)O)C2=O)c2ccccc21. The molecule has 3 aromatic rings. The first-order valence-corrected chi connectivity index (χ1v) is 12.2. The van der Waals surface area contributed by atoms with Crippen LogP contribution in [0.5, 0.6) is 0 Å². The lowest BCUT2D eigenvalue weighted by Crippen LogP contribution is -2.29. The molecule has 0 spiro atoms. The maximum absolute atomic E-state index is 13.0. The minimum absolute atomic E-state index is 0.00130. The molecule has 32 heavy (non-hydrogen) atoms. The highest BCUT2D eigenvalue weighted by Crippen LogP contribution is 2.41. The van der Waals surface area contributed by atoms with E-state index in [1.165, 1.54) is 16.7 Å². The second-order valence-electron chi connectivity index (χ2n) is 7.18. The molecular formula is C23H19ClN2O3S3. The van der Waals surface area contributed by atoms with Gasteiger partial charge in [0.25, 0.3) is 5.91 Å². The molecule has 0 unspecified atom stereocenters. The Bertz CT molecular complexity index is 1250. The van der Waals surface area contributed by atoms with Crippen molar-refractivity contribution in [2.75, 3.05) is 6.54 Å². The lowest BCUT2D eigenvalue weighted by Gasteiger charge is -2.13. The summed E-state index contributed by atoms with van der Waals surface area (Å²) in [7, 11) is 2.01. The quantitative estimate of drug-likeness (QED) is 0.313. The zero-order chi connectivity index (χ0) is 22.8. The first-order valence-electron chi connectivity index (χ1n) is 9.83. The summed E-state index contributed by atoms with van der Waals surface area (Å²) in [6.07, 6.45) is 2.26. The summed E-state index contributed by atoms with van der Waals surface area (Å²) in [5, 5.41) is 11.6. The summed E-state index contributed by atoms with van der Waals surface area (Å²) in [5.41, 5.74) is 2.02. The van der Waals surface area contributed by atoms with Gasteiger partial charge in [-0.2, -0.15) is 0 Å². The van der Waals surface area contributed by atoms with Gasteiger partial charge in [-0.1, -0.05) is 65.5 Å². The highest BCUT2D eigenvalue weighted by atomic mass is 35.5. The molecule has 0 aliphatic carbocycles. The third-order valence-corrected chi connectivity index (χ3v) is 7.86. The van der Waals surface area contributed by atoms with Crippen LogP contribution in [0.3, 0.4) is 0 Å². The molecule has 9 heteroatoms. The topological polar surface area (TPSA) is 62.5 Å². The van der Waals surface area contributed by atoms with Crippen LogP contribution in [-0.2, 0) is 16.6 Å². The number of fused-ring (bicyclic) bond motifs is 1. The van der Waals surface area contributed by atoms with Crippen molar-refractivity contribution in [2.45, 2.75) is 22.8 Å². The first-order chi connectivity index (χ1) is 15.3. The molecule has 0 bridgehead atoms. The van der Waals surface area contributed by atoms with E-state index in [0.717, 1.165) is 26.4 Å². The van der Waals surface area contributed by atoms with Crippen molar-refractivity contribution in [1.82, 2.24) is 9.47 Å². The monoisotopic (exact) mass is 502 g/mol. The number of aromatic nitrogens is 1. The fourth-order valence-corrected chi connectivity index (χ4v) is 5.91. The largest absolute Gasteiger partial charge is 0.481 e. The zero-order valence-electron chi connectivity index (χ0n) is 17.1. The highest BCUT2D eigenvalue weighted by Gasteiger charge is 2.32. The van der Waals surface area contributed by atoms with Gasteiger partial charge >= 0.3 is 5.97 Å². The predicted octanol–water partition coefficient (Wildman–Crippen LogP) is 6.05. The number of hydrogen-bond acceptors (Lipinski definition) is 5. The Kier molecular flexibility index (Phi) is 6.95. The molecule has 1 saturated heterocycles. The molecule has 1 amide bonds. The number of carbonyl (C=O) groups is 2. The molecule has 2 aromatic carbocycles. The smallest absolute Gasteiger partial charge is 0.303 e. The van der Waals surface area contributed by atoms with Crippen LogP contribution in [0.1, 0.15) is 18.4 Å². The van der Waals surface area contributed by atoms with Gasteiger partial charge in [-0.25, -0.2) is 0 Å². The van der Waals surface area contributed by atoms with Crippen molar-refractivity contribution in [3.05, 3.63) is 64.0 Å². The lowest BCUT2D eigenvalue weighted by molar-refractivity contribution is -0.137. The zero-order valence-corrected chi connectivity index (χ0v) is 20.3. The van der Waals surface area contributed by atoms with Gasteiger partial charge in [0, 0.05) is 46.4 Å². The standard InChI is InChI=1S/C23H19ClN2O3S3/c1-25-18-6-3-2-5-16(18)17(22(25)31-15-10-8-14(24)9-11-15)13-19-21(29)26(23(30)32-19)12-4-7-20(27)28/h2-3,5-6,8-11,13H,4,7,12H2,1H3,(H,27,28). The number of carboxylic acid groups (broad SMARTS) is 1. The molecule has 1 aliphatic rings. The Morgan fingerprint density at radius 2 is 1.94 bits per heavy atom. The van der Waals surface area contributed by atoms with Gasteiger partial charge < -0.3 is 9.67 Å². The predicted molar refractivity (Wildman–Crippen MR) is 135 cm³/mol. The minimum Gasteiger partial charge on any atom is -0.481 e. The number of hydrogen-bond donors (Lipinski definition) is 1. The minimum atomic E-state index is -0.884. The number of halogens is 1. The van der Waals surface area contributed by atoms with Crippen LogP contribution in [0.15, 0.2) is 63.4 Å². The number of para-hydroxylation sites is 1. The summed E-state index contributed by atoms with van der Waals surface area (Å²) >= 11 is 14.3. The van der Waals surface area contributed by atoms with Crippen LogP contribution in [0, 0.1) is 0 Å². The number of aryl methyl sites for hydroxylation is 1. The van der Waals surface area contributed by atoms with E-state index in [1.54, 1.807) is 11.8 Å². The summed E-state index contributed by atoms with van der Waals surface area (Å²) in [6.45, 7) is 0.302. The fraction of sp³-hybridized carbons (Fsp3) is 0.174. The number of aliphatic carboxylic acids is 1. The summed E-state index contributed by atoms with van der Waals surface area (Å²) in [4.78, 5) is 26.9. The van der Waals surface area contributed by atoms with Crippen molar-refractivity contribution in [2.24, 2.45) is 7.05 Å². The lowest BCUT2D eigenvalue weighted by atomic mass is 10.1. The summed E-state index contributed by atoms with van der Waals surface area (Å²) < 4.78 is 2.58. The molecule has 164 valence electrons. The number of thioether (sulfide) groups is 1. The van der Waals surface area contributed by atoms with Crippen LogP contribution in [0.4, 0.5) is 0 Å². The molecule has 1 N–H and O–H groups in total. The molecule has 0 atom stereocenters. The Morgan fingerprint density at radius 3 is 2.66 bits per heavy atom. The van der Waals surface area contributed by atoms with Gasteiger partial charge in [-0.3, -0.25) is 14.5 Å². The second-order valence-corrected chi connectivity index (χ2v) is 10.4. The Labute approximate surface area is 204 Å². The van der Waals surface area contributed by atoms with E-state index >= 15 is 0 Å². The number of rotatable bonds is 7. The first kappa shape index (κ1) is 22.9. The number of carboxylic acids is 1. The van der Waals surface area contributed by atoms with E-state index in [0.29, 0.717) is 27.2 Å². The van der Waals surface area contributed by atoms with Gasteiger partial charge in [-0.05, 0) is 42.8 Å². The third kappa shape index (κ3) is 4.73. The number of thiocarbonyl (C=S) groups is 1. The van der Waals surface area contributed by atoms with E-state index in [-0.39, 0.29) is 12.3 Å². The highest BCUT2D eigenvalue weighted by molar-refractivity contribution is 8.26. The average Bonchev–Trinajstić information content (AvgIpc) is 3.18. The van der Waals surface area contributed by atoms with E-state index in [4.69, 9.17) is 28.9 Å². The average molecular weight is 503 g/mol. The molecular weight excluding hydrogens is 484 g/mol. The van der Waals surface area contributed by atoms with Crippen molar-refractivity contribution < 1.29 is 14.7 Å². The van der Waals surface area contributed by atoms with E-state index in [1.807, 2.05) is 55.6 Å². The van der Waals surface area contributed by atoms with Crippen molar-refractivity contribution in [1.29, 1.82) is 0 Å². The van der Waals surface area contributed by atoms with Gasteiger partial charge in [-0.15, -0.1) is 0 Å². The Morgan fingerprint density at radius 1 is 1.22 bits per heavy atom. The number of nitrogens with zero attached hydrogens (tertiary/aromatic N) is 2. The van der Waals surface area contributed by atoms with Crippen LogP contribution >= 0.6 is 47.3 Å².